The van der Waals surface area contributed by atoms with Crippen LogP contribution in [0.25, 0.3) is 21.8 Å². The summed E-state index contributed by atoms with van der Waals surface area (Å²) in [6.07, 6.45) is 4.71. The zero-order chi connectivity index (χ0) is 23.7. The molecule has 0 saturated carbocycles. The van der Waals surface area contributed by atoms with E-state index in [0.717, 1.165) is 45.2 Å². The van der Waals surface area contributed by atoms with Crippen molar-refractivity contribution in [3.8, 4) is 5.75 Å². The molecule has 0 saturated heterocycles. The lowest BCUT2D eigenvalue weighted by molar-refractivity contribution is 0.0995. The lowest BCUT2D eigenvalue weighted by Gasteiger charge is -2.11. The first-order valence-corrected chi connectivity index (χ1v) is 10.9. The summed E-state index contributed by atoms with van der Waals surface area (Å²) in [5.74, 6) is 1.01. The normalized spacial score (nSPS) is 11.1. The molecule has 0 unspecified atom stereocenters. The van der Waals surface area contributed by atoms with Gasteiger partial charge in [-0.15, -0.1) is 0 Å². The Bertz CT molecular complexity index is 1500. The Morgan fingerprint density at radius 2 is 2.03 bits per heavy atom. The molecule has 0 aliphatic rings. The number of anilines is 3. The van der Waals surface area contributed by atoms with Crippen molar-refractivity contribution in [1.82, 2.24) is 19.5 Å². The third-order valence-corrected chi connectivity index (χ3v) is 5.82. The summed E-state index contributed by atoms with van der Waals surface area (Å²) >= 11 is 0. The van der Waals surface area contributed by atoms with E-state index in [0.29, 0.717) is 18.3 Å². The highest BCUT2D eigenvalue weighted by molar-refractivity contribution is 5.95. The van der Waals surface area contributed by atoms with Crippen LogP contribution < -0.4 is 21.1 Å². The highest BCUT2D eigenvalue weighted by Crippen LogP contribution is 2.27. The van der Waals surface area contributed by atoms with Crippen molar-refractivity contribution in [3.63, 3.8) is 0 Å². The number of aromatic amines is 1. The summed E-state index contributed by atoms with van der Waals surface area (Å²) in [6, 6.07) is 15.5. The summed E-state index contributed by atoms with van der Waals surface area (Å²) in [5, 5.41) is 8.68. The van der Waals surface area contributed by atoms with Gasteiger partial charge in [-0.3, -0.25) is 4.79 Å². The van der Waals surface area contributed by atoms with Gasteiger partial charge >= 0.3 is 0 Å². The summed E-state index contributed by atoms with van der Waals surface area (Å²) in [4.78, 5) is 24.0. The van der Waals surface area contributed by atoms with Crippen molar-refractivity contribution >= 4 is 45.2 Å². The molecule has 9 heteroatoms. The molecule has 1 amide bonds. The zero-order valence-electron chi connectivity index (χ0n) is 18.9. The Labute approximate surface area is 196 Å². The van der Waals surface area contributed by atoms with Crippen LogP contribution in [-0.2, 0) is 13.5 Å². The molecule has 0 aliphatic heterocycles. The van der Waals surface area contributed by atoms with E-state index >= 15 is 0 Å². The minimum Gasteiger partial charge on any atom is -0.497 e. The van der Waals surface area contributed by atoms with E-state index in [1.165, 1.54) is 0 Å². The molecule has 0 fully saturated rings. The largest absolute Gasteiger partial charge is 0.497 e. The molecule has 0 atom stereocenters. The molecule has 0 spiro atoms. The molecule has 2 aromatic carbocycles. The molecule has 5 N–H and O–H groups in total. The average Bonchev–Trinajstić information content (AvgIpc) is 3.42. The Morgan fingerprint density at radius 3 is 2.85 bits per heavy atom. The van der Waals surface area contributed by atoms with Gasteiger partial charge in [0.1, 0.15) is 17.3 Å². The van der Waals surface area contributed by atoms with Gasteiger partial charge in [0.25, 0.3) is 5.91 Å². The molecule has 34 heavy (non-hydrogen) atoms. The molecule has 5 aromatic rings. The minimum absolute atomic E-state index is 0.136. The number of H-pyrrole nitrogens is 1. The van der Waals surface area contributed by atoms with Crippen LogP contribution >= 0.6 is 0 Å². The molecule has 0 bridgehead atoms. The maximum absolute atomic E-state index is 11.9. The van der Waals surface area contributed by atoms with Gasteiger partial charge in [-0.1, -0.05) is 6.07 Å². The van der Waals surface area contributed by atoms with Crippen molar-refractivity contribution in [2.75, 3.05) is 24.3 Å². The van der Waals surface area contributed by atoms with E-state index in [1.54, 1.807) is 13.2 Å². The van der Waals surface area contributed by atoms with Crippen LogP contribution in [0.15, 0.2) is 60.9 Å². The zero-order valence-corrected chi connectivity index (χ0v) is 18.9. The summed E-state index contributed by atoms with van der Waals surface area (Å²) in [7, 11) is 3.65. The number of primary amides is 1. The van der Waals surface area contributed by atoms with Crippen LogP contribution in [-0.4, -0.2) is 39.1 Å². The Kier molecular flexibility index (Phi) is 5.51. The van der Waals surface area contributed by atoms with Gasteiger partial charge in [0.05, 0.1) is 7.11 Å². The van der Waals surface area contributed by atoms with E-state index in [1.807, 2.05) is 66.5 Å². The minimum atomic E-state index is -0.616. The van der Waals surface area contributed by atoms with Crippen molar-refractivity contribution < 1.29 is 9.53 Å². The van der Waals surface area contributed by atoms with Crippen molar-refractivity contribution in [1.29, 1.82) is 0 Å². The maximum Gasteiger partial charge on any atom is 0.267 e. The van der Waals surface area contributed by atoms with Crippen molar-refractivity contribution in [2.45, 2.75) is 6.42 Å². The number of hydrogen-bond acceptors (Lipinski definition) is 6. The predicted octanol–water partition coefficient (Wildman–Crippen LogP) is 3.96. The number of methoxy groups -OCH3 is 1. The quantitative estimate of drug-likeness (QED) is 0.281. The van der Waals surface area contributed by atoms with E-state index in [9.17, 15) is 4.79 Å². The van der Waals surface area contributed by atoms with Crippen LogP contribution in [0.2, 0.25) is 0 Å². The van der Waals surface area contributed by atoms with Gasteiger partial charge < -0.3 is 30.7 Å². The number of benzene rings is 2. The number of nitrogens with one attached hydrogen (secondary N) is 3. The van der Waals surface area contributed by atoms with Gasteiger partial charge in [0.15, 0.2) is 0 Å². The topological polar surface area (TPSA) is 123 Å². The number of carbonyl (C=O) groups excluding carboxylic acids is 1. The first-order chi connectivity index (χ1) is 16.5. The molecule has 3 heterocycles. The number of nitrogens with zero attached hydrogens (tertiary/aromatic N) is 3. The number of aryl methyl sites for hydroxylation is 1. The Balaban J connectivity index is 1.36. The summed E-state index contributed by atoms with van der Waals surface area (Å²) in [6.45, 7) is 0.570. The van der Waals surface area contributed by atoms with Gasteiger partial charge in [-0.05, 0) is 48.4 Å². The second kappa shape index (κ2) is 8.78. The molecule has 5 rings (SSSR count). The van der Waals surface area contributed by atoms with E-state index < -0.39 is 5.91 Å². The molecular weight excluding hydrogens is 430 g/mol. The molecule has 172 valence electrons. The second-order valence-corrected chi connectivity index (χ2v) is 8.02. The highest BCUT2D eigenvalue weighted by atomic mass is 16.5. The third kappa shape index (κ3) is 4.11. The van der Waals surface area contributed by atoms with Gasteiger partial charge in [0.2, 0.25) is 5.95 Å². The molecule has 9 nitrogen and oxygen atoms in total. The SMILES string of the molecule is COc1ccc2[nH]cc(CCNc3nc(Nc4cccc5c4ccn5C)cc(C(N)=O)n3)c2c1. The lowest BCUT2D eigenvalue weighted by Crippen LogP contribution is -2.17. The average molecular weight is 456 g/mol. The number of aromatic nitrogens is 4. The first kappa shape index (κ1) is 21.3. The molecular formula is C25H25N7O2. The van der Waals surface area contributed by atoms with E-state index in [4.69, 9.17) is 10.5 Å². The smallest absolute Gasteiger partial charge is 0.267 e. The monoisotopic (exact) mass is 455 g/mol. The van der Waals surface area contributed by atoms with Crippen LogP contribution in [0.4, 0.5) is 17.5 Å². The maximum atomic E-state index is 11.9. The number of hydrogen-bond donors (Lipinski definition) is 4. The Hall–Kier alpha value is -4.53. The van der Waals surface area contributed by atoms with Crippen LogP contribution in [0, 0.1) is 0 Å². The van der Waals surface area contributed by atoms with Crippen molar-refractivity contribution in [3.05, 3.63) is 72.2 Å². The molecule has 0 aliphatic carbocycles. The number of carbonyl (C=O) groups is 1. The number of amides is 1. The van der Waals surface area contributed by atoms with Crippen LogP contribution in [0.1, 0.15) is 16.1 Å². The van der Waals surface area contributed by atoms with Gasteiger partial charge in [-0.2, -0.15) is 4.98 Å². The molecule has 3 aromatic heterocycles. The predicted molar refractivity (Wildman–Crippen MR) is 134 cm³/mol. The fourth-order valence-corrected chi connectivity index (χ4v) is 4.07. The standard InChI is InChI=1S/C25H25N7O2/c1-32-11-9-17-20(4-3-5-22(17)32)29-23-13-21(24(26)33)30-25(31-23)27-10-8-15-14-28-19-7-6-16(34-2)12-18(15)19/h3-7,9,11-14,28H,8,10H2,1-2H3,(H2,26,33)(H2,27,29,30,31). The fourth-order valence-electron chi connectivity index (χ4n) is 4.07. The second-order valence-electron chi connectivity index (χ2n) is 8.02. The van der Waals surface area contributed by atoms with Crippen LogP contribution in [0.5, 0.6) is 5.75 Å². The van der Waals surface area contributed by atoms with Gasteiger partial charge in [-0.25, -0.2) is 4.98 Å². The fraction of sp³-hybridized carbons (Fsp3) is 0.160. The first-order valence-electron chi connectivity index (χ1n) is 10.9. The number of rotatable bonds is 8. The van der Waals surface area contributed by atoms with Crippen LogP contribution in [0.3, 0.4) is 0 Å². The number of ether oxygens (including phenoxy) is 1. The molecule has 0 radical (unpaired) electrons. The summed E-state index contributed by atoms with van der Waals surface area (Å²) in [5.41, 5.74) is 9.82. The number of nitrogens with two attached hydrogens (primary N) is 1. The summed E-state index contributed by atoms with van der Waals surface area (Å²) < 4.78 is 7.39. The lowest BCUT2D eigenvalue weighted by atomic mass is 10.1. The van der Waals surface area contributed by atoms with E-state index in [-0.39, 0.29) is 5.69 Å². The van der Waals surface area contributed by atoms with Gasteiger partial charge in [0, 0.05) is 59.5 Å². The number of fused-ring (bicyclic) bond motifs is 2. The van der Waals surface area contributed by atoms with Crippen molar-refractivity contribution in [2.24, 2.45) is 12.8 Å². The highest BCUT2D eigenvalue weighted by Gasteiger charge is 2.12. The third-order valence-electron chi connectivity index (χ3n) is 5.82. The Morgan fingerprint density at radius 1 is 1.15 bits per heavy atom. The van der Waals surface area contributed by atoms with E-state index in [2.05, 4.69) is 25.6 Å².